The summed E-state index contributed by atoms with van der Waals surface area (Å²) in [6.45, 7) is 1.79. The summed E-state index contributed by atoms with van der Waals surface area (Å²) in [7, 11) is 4.50. The Kier molecular flexibility index (Phi) is 6.57. The Labute approximate surface area is 136 Å². The number of benzene rings is 1. The van der Waals surface area contributed by atoms with Crippen LogP contribution in [0, 0.1) is 10.1 Å². The molecular formula is C13H18BrN3O5. The number of hydrogen-bond acceptors (Lipinski definition) is 6. The second-order valence-corrected chi connectivity index (χ2v) is 5.10. The zero-order valence-electron chi connectivity index (χ0n) is 12.8. The molecule has 22 heavy (non-hydrogen) atoms. The van der Waals surface area contributed by atoms with Crippen molar-refractivity contribution in [1.29, 1.82) is 0 Å². The van der Waals surface area contributed by atoms with Gasteiger partial charge < -0.3 is 19.7 Å². The van der Waals surface area contributed by atoms with Gasteiger partial charge in [0.15, 0.2) is 0 Å². The number of rotatable bonds is 7. The number of halogens is 1. The number of anilines is 2. The highest BCUT2D eigenvalue weighted by Crippen LogP contribution is 2.46. The van der Waals surface area contributed by atoms with E-state index >= 15 is 0 Å². The first-order valence-electron chi connectivity index (χ1n) is 6.38. The minimum absolute atomic E-state index is 0.152. The first-order valence-corrected chi connectivity index (χ1v) is 7.17. The van der Waals surface area contributed by atoms with Gasteiger partial charge >= 0.3 is 5.69 Å². The Morgan fingerprint density at radius 1 is 1.50 bits per heavy atom. The quantitative estimate of drug-likeness (QED) is 0.580. The van der Waals surface area contributed by atoms with Gasteiger partial charge in [-0.25, -0.2) is 0 Å². The van der Waals surface area contributed by atoms with Gasteiger partial charge in [-0.3, -0.25) is 14.9 Å². The summed E-state index contributed by atoms with van der Waals surface area (Å²) >= 11 is 3.27. The normalized spacial score (nSPS) is 10.2. The lowest BCUT2D eigenvalue weighted by Crippen LogP contribution is -2.32. The lowest BCUT2D eigenvalue weighted by Gasteiger charge is -2.23. The second kappa shape index (κ2) is 7.95. The molecule has 0 aliphatic heterocycles. The van der Waals surface area contributed by atoms with Crippen LogP contribution in [0.2, 0.25) is 0 Å². The molecule has 0 aromatic heterocycles. The van der Waals surface area contributed by atoms with Crippen molar-refractivity contribution in [3.63, 3.8) is 0 Å². The highest BCUT2D eigenvalue weighted by molar-refractivity contribution is 9.10. The largest absolute Gasteiger partial charge is 0.495 e. The molecule has 0 bridgehead atoms. The number of methoxy groups -OCH3 is 2. The monoisotopic (exact) mass is 375 g/mol. The van der Waals surface area contributed by atoms with Gasteiger partial charge in [-0.15, -0.1) is 0 Å². The lowest BCUT2D eigenvalue weighted by atomic mass is 10.2. The molecule has 0 spiro atoms. The summed E-state index contributed by atoms with van der Waals surface area (Å²) in [5.41, 5.74) is 0.184. The van der Waals surface area contributed by atoms with Gasteiger partial charge in [0.25, 0.3) is 0 Å². The number of hydrogen-bond donors (Lipinski definition) is 1. The van der Waals surface area contributed by atoms with E-state index in [4.69, 9.17) is 9.47 Å². The van der Waals surface area contributed by atoms with E-state index in [2.05, 4.69) is 21.2 Å². The van der Waals surface area contributed by atoms with Gasteiger partial charge in [0.2, 0.25) is 5.91 Å². The number of nitrogens with zero attached hydrogens (tertiary/aromatic N) is 2. The predicted octanol–water partition coefficient (Wildman–Crippen LogP) is 2.41. The maximum atomic E-state index is 11.9. The van der Waals surface area contributed by atoms with Gasteiger partial charge in [-0.2, -0.15) is 0 Å². The molecular weight excluding hydrogens is 358 g/mol. The molecule has 8 nitrogen and oxygen atoms in total. The highest BCUT2D eigenvalue weighted by atomic mass is 79.9. The third-order valence-electron chi connectivity index (χ3n) is 3.03. The van der Waals surface area contributed by atoms with E-state index in [0.717, 1.165) is 0 Å². The first-order chi connectivity index (χ1) is 10.4. The third-order valence-corrected chi connectivity index (χ3v) is 3.81. The minimum Gasteiger partial charge on any atom is -0.495 e. The fourth-order valence-corrected chi connectivity index (χ4v) is 2.67. The molecule has 1 aromatic carbocycles. The van der Waals surface area contributed by atoms with E-state index in [1.54, 1.807) is 7.05 Å². The summed E-state index contributed by atoms with van der Waals surface area (Å²) in [6, 6.07) is 1.46. The number of nitrogens with one attached hydrogen (secondary N) is 1. The number of carbonyl (C=O) groups is 1. The average molecular weight is 376 g/mol. The first kappa shape index (κ1) is 18.2. The number of nitro groups is 1. The van der Waals surface area contributed by atoms with Gasteiger partial charge in [0.05, 0.1) is 23.1 Å². The van der Waals surface area contributed by atoms with Gasteiger partial charge in [0, 0.05) is 33.7 Å². The number of amides is 1. The Morgan fingerprint density at radius 3 is 2.55 bits per heavy atom. The maximum Gasteiger partial charge on any atom is 0.317 e. The zero-order chi connectivity index (χ0) is 16.9. The Morgan fingerprint density at radius 2 is 2.14 bits per heavy atom. The van der Waals surface area contributed by atoms with Crippen LogP contribution in [0.15, 0.2) is 10.5 Å². The van der Waals surface area contributed by atoms with Crippen LogP contribution < -0.4 is 15.0 Å². The SMILES string of the molecule is CNc1c(Br)c(OC)cc(N(CCOC)C(C)=O)c1[N+](=O)[O-]. The Bertz CT molecular complexity index is 579. The van der Waals surface area contributed by atoms with E-state index in [1.807, 2.05) is 0 Å². The fraction of sp³-hybridized carbons (Fsp3) is 0.462. The zero-order valence-corrected chi connectivity index (χ0v) is 14.4. The maximum absolute atomic E-state index is 11.9. The van der Waals surface area contributed by atoms with Crippen LogP contribution in [0.4, 0.5) is 17.1 Å². The van der Waals surface area contributed by atoms with Crippen LogP contribution in [0.25, 0.3) is 0 Å². The number of nitro benzene ring substituents is 1. The van der Waals surface area contributed by atoms with Gasteiger partial charge in [-0.1, -0.05) is 0 Å². The Hall–Kier alpha value is -1.87. The minimum atomic E-state index is -0.534. The smallest absolute Gasteiger partial charge is 0.317 e. The van der Waals surface area contributed by atoms with Crippen molar-refractivity contribution < 1.29 is 19.2 Å². The van der Waals surface area contributed by atoms with E-state index in [0.29, 0.717) is 10.2 Å². The summed E-state index contributed by atoms with van der Waals surface area (Å²) in [5.74, 6) is 0.0557. The third kappa shape index (κ3) is 3.66. The van der Waals surface area contributed by atoms with Crippen molar-refractivity contribution in [2.24, 2.45) is 0 Å². The van der Waals surface area contributed by atoms with Crippen molar-refractivity contribution in [2.75, 3.05) is 44.6 Å². The van der Waals surface area contributed by atoms with E-state index in [-0.39, 0.29) is 36.1 Å². The summed E-state index contributed by atoms with van der Waals surface area (Å²) in [4.78, 5) is 24.1. The average Bonchev–Trinajstić information content (AvgIpc) is 2.47. The van der Waals surface area contributed by atoms with Crippen molar-refractivity contribution in [2.45, 2.75) is 6.92 Å². The molecule has 9 heteroatoms. The molecule has 0 heterocycles. The molecule has 0 unspecified atom stereocenters. The van der Waals surface area contributed by atoms with Crippen LogP contribution in [0.1, 0.15) is 6.92 Å². The molecule has 0 fully saturated rings. The molecule has 0 saturated heterocycles. The molecule has 1 N–H and O–H groups in total. The molecule has 0 radical (unpaired) electrons. The van der Waals surface area contributed by atoms with Crippen LogP contribution in [-0.4, -0.2) is 45.2 Å². The summed E-state index contributed by atoms with van der Waals surface area (Å²) < 4.78 is 10.6. The highest BCUT2D eigenvalue weighted by Gasteiger charge is 2.30. The van der Waals surface area contributed by atoms with E-state index < -0.39 is 4.92 Å². The summed E-state index contributed by atoms with van der Waals surface area (Å²) in [6.07, 6.45) is 0. The molecule has 1 amide bonds. The van der Waals surface area contributed by atoms with Crippen molar-refractivity contribution in [3.8, 4) is 5.75 Å². The molecule has 1 rings (SSSR count). The molecule has 0 aliphatic carbocycles. The fourth-order valence-electron chi connectivity index (χ4n) is 2.01. The molecule has 0 saturated carbocycles. The van der Waals surface area contributed by atoms with Crippen LogP contribution in [-0.2, 0) is 9.53 Å². The number of ether oxygens (including phenoxy) is 2. The van der Waals surface area contributed by atoms with E-state index in [9.17, 15) is 14.9 Å². The molecule has 122 valence electrons. The topological polar surface area (TPSA) is 93.9 Å². The standard InChI is InChI=1S/C13H18BrN3O5/c1-8(18)16(5-6-21-3)9-7-10(22-4)11(14)12(15-2)13(9)17(19)20/h7,15H,5-6H2,1-4H3. The summed E-state index contributed by atoms with van der Waals surface area (Å²) in [5, 5.41) is 14.3. The second-order valence-electron chi connectivity index (χ2n) is 4.31. The molecule has 0 atom stereocenters. The van der Waals surface area contributed by atoms with E-state index in [1.165, 1.54) is 32.1 Å². The van der Waals surface area contributed by atoms with Crippen LogP contribution in [0.3, 0.4) is 0 Å². The van der Waals surface area contributed by atoms with Crippen LogP contribution >= 0.6 is 15.9 Å². The molecule has 0 aliphatic rings. The lowest BCUT2D eigenvalue weighted by molar-refractivity contribution is -0.383. The van der Waals surface area contributed by atoms with Gasteiger partial charge in [-0.05, 0) is 15.9 Å². The predicted molar refractivity (Wildman–Crippen MR) is 86.8 cm³/mol. The van der Waals surface area contributed by atoms with Crippen molar-refractivity contribution in [1.82, 2.24) is 0 Å². The van der Waals surface area contributed by atoms with Crippen molar-refractivity contribution >= 4 is 38.9 Å². The molecule has 1 aromatic rings. The Balaban J connectivity index is 3.61. The van der Waals surface area contributed by atoms with Crippen LogP contribution in [0.5, 0.6) is 5.75 Å². The van der Waals surface area contributed by atoms with Gasteiger partial charge in [0.1, 0.15) is 17.1 Å². The number of carbonyl (C=O) groups excluding carboxylic acids is 1. The van der Waals surface area contributed by atoms with Crippen molar-refractivity contribution in [3.05, 3.63) is 20.7 Å².